The molecule has 0 spiro atoms. The van der Waals surface area contributed by atoms with E-state index < -0.39 is 11.7 Å². The van der Waals surface area contributed by atoms with Gasteiger partial charge in [0.2, 0.25) is 11.8 Å². The molecular formula is C23H22FN5O2. The predicted molar refractivity (Wildman–Crippen MR) is 114 cm³/mol. The number of hydrogen-bond acceptors (Lipinski definition) is 4. The van der Waals surface area contributed by atoms with Crippen LogP contribution in [0.15, 0.2) is 42.5 Å². The van der Waals surface area contributed by atoms with E-state index in [-0.39, 0.29) is 30.5 Å². The van der Waals surface area contributed by atoms with Gasteiger partial charge in [-0.1, -0.05) is 18.2 Å². The quantitative estimate of drug-likeness (QED) is 0.704. The fourth-order valence-corrected chi connectivity index (χ4v) is 4.29. The van der Waals surface area contributed by atoms with Crippen LogP contribution in [0.1, 0.15) is 24.2 Å². The molecular weight excluding hydrogens is 397 g/mol. The van der Waals surface area contributed by atoms with Crippen LogP contribution in [0.3, 0.4) is 0 Å². The highest BCUT2D eigenvalue weighted by molar-refractivity contribution is 6.03. The van der Waals surface area contributed by atoms with E-state index in [2.05, 4.69) is 20.1 Å². The average Bonchev–Trinajstić information content (AvgIpc) is 3.44. The van der Waals surface area contributed by atoms with Crippen LogP contribution in [0.25, 0.3) is 11.4 Å². The summed E-state index contributed by atoms with van der Waals surface area (Å²) < 4.78 is 16.4. The Morgan fingerprint density at radius 1 is 1.19 bits per heavy atom. The number of carbonyl (C=O) groups is 2. The number of aryl methyl sites for hydroxylation is 2. The van der Waals surface area contributed by atoms with Crippen molar-refractivity contribution < 1.29 is 14.0 Å². The lowest BCUT2D eigenvalue weighted by Crippen LogP contribution is -2.28. The molecule has 2 aromatic carbocycles. The normalized spacial score (nSPS) is 17.8. The molecule has 0 bridgehead atoms. The first kappa shape index (κ1) is 19.4. The standard InChI is InChI=1S/C23H22FN5O2/c1-14-7-8-19(18(24)10-14)29-13-16(12-21(29)30)23(31)25-17-5-2-4-15(11-17)22-27-26-20-6-3-9-28(20)22/h2,4-5,7-8,10-11,16H,3,6,9,12-13H2,1H3,(H,25,31)/t16-/m0/s1. The van der Waals surface area contributed by atoms with Gasteiger partial charge in [-0.2, -0.15) is 0 Å². The SMILES string of the molecule is Cc1ccc(N2C[C@@H](C(=O)Nc3cccc(-c4nnc5n4CCC5)c3)CC2=O)c(F)c1. The Morgan fingerprint density at radius 2 is 2.06 bits per heavy atom. The summed E-state index contributed by atoms with van der Waals surface area (Å²) in [7, 11) is 0. The molecule has 0 aliphatic carbocycles. The van der Waals surface area contributed by atoms with Crippen molar-refractivity contribution in [3.05, 3.63) is 59.7 Å². The summed E-state index contributed by atoms with van der Waals surface area (Å²) in [6.07, 6.45) is 2.04. The summed E-state index contributed by atoms with van der Waals surface area (Å²) in [5.41, 5.74) is 2.50. The molecule has 3 heterocycles. The van der Waals surface area contributed by atoms with Crippen molar-refractivity contribution in [1.82, 2.24) is 14.8 Å². The van der Waals surface area contributed by atoms with Crippen molar-refractivity contribution in [2.24, 2.45) is 5.92 Å². The first-order chi connectivity index (χ1) is 15.0. The molecule has 158 valence electrons. The maximum absolute atomic E-state index is 14.3. The number of fused-ring (bicyclic) bond motifs is 1. The largest absolute Gasteiger partial charge is 0.326 e. The molecule has 1 aromatic heterocycles. The van der Waals surface area contributed by atoms with Crippen LogP contribution in [-0.2, 0) is 22.6 Å². The van der Waals surface area contributed by atoms with Gasteiger partial charge in [-0.3, -0.25) is 9.59 Å². The number of halogens is 1. The third kappa shape index (κ3) is 3.58. The van der Waals surface area contributed by atoms with Crippen LogP contribution in [0.2, 0.25) is 0 Å². The van der Waals surface area contributed by atoms with Gasteiger partial charge in [-0.25, -0.2) is 4.39 Å². The lowest BCUT2D eigenvalue weighted by atomic mass is 10.1. The molecule has 1 saturated heterocycles. The second-order valence-corrected chi connectivity index (χ2v) is 8.13. The molecule has 31 heavy (non-hydrogen) atoms. The summed E-state index contributed by atoms with van der Waals surface area (Å²) in [6, 6.07) is 12.2. The lowest BCUT2D eigenvalue weighted by Gasteiger charge is -2.18. The predicted octanol–water partition coefficient (Wildman–Crippen LogP) is 3.33. The fraction of sp³-hybridized carbons (Fsp3) is 0.304. The van der Waals surface area contributed by atoms with Crippen molar-refractivity contribution in [3.63, 3.8) is 0 Å². The molecule has 3 aromatic rings. The van der Waals surface area contributed by atoms with Crippen LogP contribution in [0.5, 0.6) is 0 Å². The minimum absolute atomic E-state index is 0.0521. The molecule has 2 amide bonds. The highest BCUT2D eigenvalue weighted by atomic mass is 19.1. The molecule has 0 radical (unpaired) electrons. The van der Waals surface area contributed by atoms with Crippen LogP contribution in [0, 0.1) is 18.7 Å². The zero-order valence-electron chi connectivity index (χ0n) is 17.1. The minimum Gasteiger partial charge on any atom is -0.326 e. The summed E-state index contributed by atoms with van der Waals surface area (Å²) >= 11 is 0. The first-order valence-electron chi connectivity index (χ1n) is 10.4. The molecule has 1 N–H and O–H groups in total. The van der Waals surface area contributed by atoms with Crippen LogP contribution >= 0.6 is 0 Å². The molecule has 5 rings (SSSR count). The third-order valence-electron chi connectivity index (χ3n) is 5.89. The lowest BCUT2D eigenvalue weighted by molar-refractivity contribution is -0.122. The molecule has 7 nitrogen and oxygen atoms in total. The van der Waals surface area contributed by atoms with Gasteiger partial charge < -0.3 is 14.8 Å². The Morgan fingerprint density at radius 3 is 2.90 bits per heavy atom. The summed E-state index contributed by atoms with van der Waals surface area (Å²) in [4.78, 5) is 26.7. The Hall–Kier alpha value is -3.55. The maximum Gasteiger partial charge on any atom is 0.229 e. The molecule has 0 saturated carbocycles. The van der Waals surface area contributed by atoms with Gasteiger partial charge in [-0.05, 0) is 43.2 Å². The number of anilines is 2. The number of aromatic nitrogens is 3. The number of hydrogen-bond donors (Lipinski definition) is 1. The number of nitrogens with zero attached hydrogens (tertiary/aromatic N) is 4. The summed E-state index contributed by atoms with van der Waals surface area (Å²) in [5.74, 6) is 0.262. The number of carbonyl (C=O) groups excluding carboxylic acids is 2. The summed E-state index contributed by atoms with van der Waals surface area (Å²) in [5, 5.41) is 11.4. The zero-order chi connectivity index (χ0) is 21.5. The molecule has 0 unspecified atom stereocenters. The second kappa shape index (κ2) is 7.61. The molecule has 1 atom stereocenters. The topological polar surface area (TPSA) is 80.1 Å². The Kier molecular flexibility index (Phi) is 4.77. The number of nitrogens with one attached hydrogen (secondary N) is 1. The van der Waals surface area contributed by atoms with Crippen LogP contribution in [-0.4, -0.2) is 33.1 Å². The Labute approximate surface area is 178 Å². The highest BCUT2D eigenvalue weighted by Crippen LogP contribution is 2.30. The van der Waals surface area contributed by atoms with Gasteiger partial charge in [0.25, 0.3) is 0 Å². The van der Waals surface area contributed by atoms with Crippen molar-refractivity contribution in [3.8, 4) is 11.4 Å². The van der Waals surface area contributed by atoms with E-state index in [9.17, 15) is 14.0 Å². The third-order valence-corrected chi connectivity index (χ3v) is 5.89. The molecule has 2 aliphatic heterocycles. The van der Waals surface area contributed by atoms with Gasteiger partial charge in [0.15, 0.2) is 5.82 Å². The zero-order valence-corrected chi connectivity index (χ0v) is 17.1. The second-order valence-electron chi connectivity index (χ2n) is 8.13. The van der Waals surface area contributed by atoms with Crippen LogP contribution < -0.4 is 10.2 Å². The number of rotatable bonds is 4. The average molecular weight is 419 g/mol. The van der Waals surface area contributed by atoms with Gasteiger partial charge in [-0.15, -0.1) is 10.2 Å². The van der Waals surface area contributed by atoms with E-state index in [4.69, 9.17) is 0 Å². The Balaban J connectivity index is 1.31. The smallest absolute Gasteiger partial charge is 0.229 e. The maximum atomic E-state index is 14.3. The van der Waals surface area contributed by atoms with E-state index in [0.717, 1.165) is 42.2 Å². The highest BCUT2D eigenvalue weighted by Gasteiger charge is 2.36. The minimum atomic E-state index is -0.547. The van der Waals surface area contributed by atoms with Crippen LogP contribution in [0.4, 0.5) is 15.8 Å². The van der Waals surface area contributed by atoms with Gasteiger partial charge in [0, 0.05) is 37.2 Å². The van der Waals surface area contributed by atoms with Crippen molar-refractivity contribution in [2.45, 2.75) is 32.7 Å². The van der Waals surface area contributed by atoms with Crippen molar-refractivity contribution in [1.29, 1.82) is 0 Å². The summed E-state index contributed by atoms with van der Waals surface area (Å²) in [6.45, 7) is 2.84. The number of amides is 2. The first-order valence-corrected chi connectivity index (χ1v) is 10.4. The van der Waals surface area contributed by atoms with Crippen molar-refractivity contribution >= 4 is 23.2 Å². The monoisotopic (exact) mass is 419 g/mol. The van der Waals surface area contributed by atoms with E-state index in [1.807, 2.05) is 18.2 Å². The number of benzene rings is 2. The molecule has 8 heteroatoms. The van der Waals surface area contributed by atoms with Gasteiger partial charge in [0.1, 0.15) is 11.6 Å². The fourth-order valence-electron chi connectivity index (χ4n) is 4.29. The molecule has 1 fully saturated rings. The van der Waals surface area contributed by atoms with E-state index >= 15 is 0 Å². The Bertz CT molecular complexity index is 1190. The van der Waals surface area contributed by atoms with E-state index in [1.54, 1.807) is 25.1 Å². The molecule has 2 aliphatic rings. The van der Waals surface area contributed by atoms with E-state index in [1.165, 1.54) is 11.0 Å². The van der Waals surface area contributed by atoms with E-state index in [0.29, 0.717) is 5.69 Å². The van der Waals surface area contributed by atoms with Gasteiger partial charge >= 0.3 is 0 Å². The van der Waals surface area contributed by atoms with Crippen molar-refractivity contribution in [2.75, 3.05) is 16.8 Å². The van der Waals surface area contributed by atoms with Gasteiger partial charge in [0.05, 0.1) is 11.6 Å².